The molecule has 1 rings (SSSR count). The maximum absolute atomic E-state index is 5.50. The van der Waals surface area contributed by atoms with E-state index < -0.39 is 5.91 Å². The smallest absolute Gasteiger partial charge is 0.222 e. The van der Waals surface area contributed by atoms with Gasteiger partial charge in [-0.05, 0) is 0 Å². The molecule has 0 radical (unpaired) electrons. The normalized spacial score (nSPS) is 40.5. The van der Waals surface area contributed by atoms with Crippen LogP contribution in [0.2, 0.25) is 0 Å². The molecule has 0 spiro atoms. The third kappa shape index (κ3) is 1.91. The van der Waals surface area contributed by atoms with Crippen molar-refractivity contribution in [3.63, 3.8) is 0 Å². The molecule has 4 nitrogen and oxygen atoms in total. The highest BCUT2D eigenvalue weighted by atomic mass is 16.8. The van der Waals surface area contributed by atoms with Gasteiger partial charge in [-0.1, -0.05) is 0 Å². The highest BCUT2D eigenvalue weighted by Gasteiger charge is 2.33. The van der Waals surface area contributed by atoms with E-state index in [4.69, 9.17) is 19.9 Å². The molecule has 0 aromatic rings. The lowest BCUT2D eigenvalue weighted by Crippen LogP contribution is -2.37. The van der Waals surface area contributed by atoms with Crippen molar-refractivity contribution in [1.29, 1.82) is 0 Å². The van der Waals surface area contributed by atoms with Gasteiger partial charge in [-0.3, -0.25) is 5.73 Å². The van der Waals surface area contributed by atoms with Crippen molar-refractivity contribution in [2.75, 3.05) is 20.3 Å². The van der Waals surface area contributed by atoms with Gasteiger partial charge in [-0.15, -0.1) is 0 Å². The zero-order valence-corrected chi connectivity index (χ0v) is 6.29. The summed E-state index contributed by atoms with van der Waals surface area (Å²) in [7, 11) is 1.62. The molecular weight excluding hydrogens is 134 g/mol. The fraction of sp³-hybridized carbons (Fsp3) is 1.00. The van der Waals surface area contributed by atoms with E-state index in [2.05, 4.69) is 0 Å². The quantitative estimate of drug-likeness (QED) is 0.581. The second-order valence-corrected chi connectivity index (χ2v) is 2.52. The summed E-state index contributed by atoms with van der Waals surface area (Å²) in [5, 5.41) is 0. The second kappa shape index (κ2) is 2.84. The molecule has 0 aromatic heterocycles. The van der Waals surface area contributed by atoms with Crippen LogP contribution in [0.15, 0.2) is 0 Å². The lowest BCUT2D eigenvalue weighted by Gasteiger charge is -2.16. The molecule has 0 bridgehead atoms. The summed E-state index contributed by atoms with van der Waals surface area (Å²) >= 11 is 0. The maximum atomic E-state index is 5.50. The SMILES string of the molecule is COCC1COC(C)(N)O1. The van der Waals surface area contributed by atoms with E-state index >= 15 is 0 Å². The topological polar surface area (TPSA) is 53.7 Å². The number of hydrogen-bond acceptors (Lipinski definition) is 4. The molecule has 2 atom stereocenters. The van der Waals surface area contributed by atoms with Gasteiger partial charge in [0.15, 0.2) is 0 Å². The van der Waals surface area contributed by atoms with Gasteiger partial charge in [-0.25, -0.2) is 0 Å². The summed E-state index contributed by atoms with van der Waals surface area (Å²) < 4.78 is 15.2. The van der Waals surface area contributed by atoms with Crippen molar-refractivity contribution >= 4 is 0 Å². The molecule has 2 N–H and O–H groups in total. The highest BCUT2D eigenvalue weighted by molar-refractivity contribution is 4.68. The Morgan fingerprint density at radius 3 is 2.90 bits per heavy atom. The Morgan fingerprint density at radius 1 is 1.80 bits per heavy atom. The Hall–Kier alpha value is -0.160. The van der Waals surface area contributed by atoms with Crippen LogP contribution in [0.1, 0.15) is 6.92 Å². The van der Waals surface area contributed by atoms with Gasteiger partial charge < -0.3 is 14.2 Å². The van der Waals surface area contributed by atoms with Gasteiger partial charge in [-0.2, -0.15) is 0 Å². The fourth-order valence-electron chi connectivity index (χ4n) is 0.925. The molecule has 4 heteroatoms. The first-order valence-electron chi connectivity index (χ1n) is 3.23. The van der Waals surface area contributed by atoms with Crippen LogP contribution in [-0.2, 0) is 14.2 Å². The van der Waals surface area contributed by atoms with Gasteiger partial charge in [0.05, 0.1) is 13.2 Å². The van der Waals surface area contributed by atoms with Crippen molar-refractivity contribution in [3.8, 4) is 0 Å². The van der Waals surface area contributed by atoms with Gasteiger partial charge in [0.2, 0.25) is 5.91 Å². The van der Waals surface area contributed by atoms with Gasteiger partial charge in [0.1, 0.15) is 6.10 Å². The summed E-state index contributed by atoms with van der Waals surface area (Å²) in [6, 6.07) is 0. The lowest BCUT2D eigenvalue weighted by atomic mass is 10.4. The van der Waals surface area contributed by atoms with Gasteiger partial charge in [0, 0.05) is 14.0 Å². The second-order valence-electron chi connectivity index (χ2n) is 2.52. The Bertz CT molecular complexity index is 116. The number of rotatable bonds is 2. The molecule has 1 heterocycles. The summed E-state index contributed by atoms with van der Waals surface area (Å²) in [4.78, 5) is 0. The average molecular weight is 147 g/mol. The Balaban J connectivity index is 2.29. The van der Waals surface area contributed by atoms with E-state index in [0.717, 1.165) is 0 Å². The van der Waals surface area contributed by atoms with Crippen LogP contribution >= 0.6 is 0 Å². The first-order chi connectivity index (χ1) is 4.64. The monoisotopic (exact) mass is 147 g/mol. The zero-order chi connectivity index (χ0) is 7.61. The fourth-order valence-corrected chi connectivity index (χ4v) is 0.925. The zero-order valence-electron chi connectivity index (χ0n) is 6.29. The average Bonchev–Trinajstić information content (AvgIpc) is 2.12. The molecule has 1 aliphatic rings. The lowest BCUT2D eigenvalue weighted by molar-refractivity contribution is -0.153. The van der Waals surface area contributed by atoms with Crippen molar-refractivity contribution in [2.45, 2.75) is 18.9 Å². The van der Waals surface area contributed by atoms with Crippen LogP contribution in [0.4, 0.5) is 0 Å². The Kier molecular flexibility index (Phi) is 2.25. The summed E-state index contributed by atoms with van der Waals surface area (Å²) in [6.07, 6.45) is -0.0139. The predicted octanol–water partition coefficient (Wildman–Crippen LogP) is -0.319. The molecule has 10 heavy (non-hydrogen) atoms. The predicted molar refractivity (Wildman–Crippen MR) is 35.3 cm³/mol. The summed E-state index contributed by atoms with van der Waals surface area (Å²) in [5.74, 6) is -0.913. The molecule has 1 fully saturated rings. The maximum Gasteiger partial charge on any atom is 0.222 e. The molecular formula is C6H13NO3. The molecule has 0 aromatic carbocycles. The van der Waals surface area contributed by atoms with E-state index in [9.17, 15) is 0 Å². The summed E-state index contributed by atoms with van der Waals surface area (Å²) in [5.41, 5.74) is 5.50. The van der Waals surface area contributed by atoms with E-state index in [1.54, 1.807) is 14.0 Å². The van der Waals surface area contributed by atoms with Crippen LogP contribution in [0.5, 0.6) is 0 Å². The Labute approximate surface area is 60.2 Å². The third-order valence-electron chi connectivity index (χ3n) is 1.31. The molecule has 0 aliphatic carbocycles. The van der Waals surface area contributed by atoms with Crippen molar-refractivity contribution in [3.05, 3.63) is 0 Å². The van der Waals surface area contributed by atoms with Gasteiger partial charge in [0.25, 0.3) is 0 Å². The first-order valence-corrected chi connectivity index (χ1v) is 3.23. The molecule has 60 valence electrons. The minimum Gasteiger partial charge on any atom is -0.382 e. The molecule has 0 saturated carbocycles. The highest BCUT2D eigenvalue weighted by Crippen LogP contribution is 2.17. The van der Waals surface area contributed by atoms with Crippen LogP contribution < -0.4 is 5.73 Å². The largest absolute Gasteiger partial charge is 0.382 e. The summed E-state index contributed by atoms with van der Waals surface area (Å²) in [6.45, 7) is 2.73. The molecule has 2 unspecified atom stereocenters. The molecule has 0 amide bonds. The third-order valence-corrected chi connectivity index (χ3v) is 1.31. The van der Waals surface area contributed by atoms with Crippen LogP contribution in [0.3, 0.4) is 0 Å². The number of methoxy groups -OCH3 is 1. The van der Waals surface area contributed by atoms with Crippen LogP contribution in [0.25, 0.3) is 0 Å². The first kappa shape index (κ1) is 7.94. The van der Waals surface area contributed by atoms with E-state index in [-0.39, 0.29) is 6.10 Å². The van der Waals surface area contributed by atoms with E-state index in [1.165, 1.54) is 0 Å². The Morgan fingerprint density at radius 2 is 2.50 bits per heavy atom. The van der Waals surface area contributed by atoms with Crippen LogP contribution in [0, 0.1) is 0 Å². The number of hydrogen-bond donors (Lipinski definition) is 1. The standard InChI is InChI=1S/C6H13NO3/c1-6(7)9-4-5(10-6)3-8-2/h5H,3-4,7H2,1-2H3. The van der Waals surface area contributed by atoms with Crippen molar-refractivity contribution in [2.24, 2.45) is 5.73 Å². The number of nitrogens with two attached hydrogens (primary N) is 1. The minimum absolute atomic E-state index is 0.0139. The minimum atomic E-state index is -0.913. The molecule has 1 aliphatic heterocycles. The van der Waals surface area contributed by atoms with Crippen molar-refractivity contribution < 1.29 is 14.2 Å². The van der Waals surface area contributed by atoms with E-state index in [0.29, 0.717) is 13.2 Å². The number of ether oxygens (including phenoxy) is 3. The van der Waals surface area contributed by atoms with Crippen LogP contribution in [-0.4, -0.2) is 32.3 Å². The van der Waals surface area contributed by atoms with Gasteiger partial charge >= 0.3 is 0 Å². The van der Waals surface area contributed by atoms with E-state index in [1.807, 2.05) is 0 Å². The molecule has 1 saturated heterocycles. The van der Waals surface area contributed by atoms with Crippen molar-refractivity contribution in [1.82, 2.24) is 0 Å².